The number of ketones is 1. The van der Waals surface area contributed by atoms with Crippen molar-refractivity contribution in [3.63, 3.8) is 0 Å². The van der Waals surface area contributed by atoms with Crippen LogP contribution in [0.25, 0.3) is 0 Å². The molecule has 14 heavy (non-hydrogen) atoms. The summed E-state index contributed by atoms with van der Waals surface area (Å²) in [5, 5.41) is 0. The lowest BCUT2D eigenvalue weighted by atomic mass is 10.2. The first-order chi connectivity index (χ1) is 6.49. The van der Waals surface area contributed by atoms with Crippen LogP contribution in [-0.2, 0) is 14.4 Å². The van der Waals surface area contributed by atoms with Gasteiger partial charge in [0.05, 0.1) is 5.57 Å². The molecular formula is C8H11N3O3. The number of hydrogen-bond acceptors (Lipinski definition) is 4. The van der Waals surface area contributed by atoms with Gasteiger partial charge in [0.25, 0.3) is 11.8 Å². The summed E-state index contributed by atoms with van der Waals surface area (Å²) < 4.78 is 0. The van der Waals surface area contributed by atoms with Gasteiger partial charge in [-0.15, -0.1) is 5.53 Å². The Hall–Kier alpha value is -1.95. The van der Waals surface area contributed by atoms with Crippen molar-refractivity contribution in [1.82, 2.24) is 16.4 Å². The summed E-state index contributed by atoms with van der Waals surface area (Å²) in [6, 6.07) is 0. The van der Waals surface area contributed by atoms with Crippen molar-refractivity contribution in [2.24, 2.45) is 0 Å². The number of carbonyl (C=O) groups is 3. The standard InChI is InChI=1S/C8H11N3O3/c1-4-7(13)9-11-10-8(14)5(2)6(3)12/h4,11H,1-2H2,3H3,(H,9,13)(H,10,14). The van der Waals surface area contributed by atoms with Crippen molar-refractivity contribution in [3.8, 4) is 0 Å². The van der Waals surface area contributed by atoms with Crippen molar-refractivity contribution in [1.29, 1.82) is 0 Å². The number of hydrazine groups is 2. The molecule has 0 saturated heterocycles. The minimum absolute atomic E-state index is 0.203. The van der Waals surface area contributed by atoms with E-state index in [-0.39, 0.29) is 5.57 Å². The first kappa shape index (κ1) is 12.0. The molecule has 0 atom stereocenters. The van der Waals surface area contributed by atoms with Gasteiger partial charge in [0.2, 0.25) is 0 Å². The highest BCUT2D eigenvalue weighted by molar-refractivity contribution is 6.17. The van der Waals surface area contributed by atoms with Gasteiger partial charge in [-0.25, -0.2) is 0 Å². The molecule has 0 aromatic carbocycles. The molecule has 0 aromatic heterocycles. The second kappa shape index (κ2) is 5.65. The molecule has 0 aliphatic rings. The highest BCUT2D eigenvalue weighted by Crippen LogP contribution is 1.89. The number of amides is 2. The molecule has 0 aliphatic carbocycles. The Morgan fingerprint density at radius 2 is 1.79 bits per heavy atom. The molecule has 0 heterocycles. The van der Waals surface area contributed by atoms with Crippen molar-refractivity contribution in [3.05, 3.63) is 24.8 Å². The predicted molar refractivity (Wildman–Crippen MR) is 49.4 cm³/mol. The maximum Gasteiger partial charge on any atom is 0.269 e. The zero-order valence-electron chi connectivity index (χ0n) is 7.72. The summed E-state index contributed by atoms with van der Waals surface area (Å²) in [4.78, 5) is 32.2. The van der Waals surface area contributed by atoms with Crippen molar-refractivity contribution < 1.29 is 14.4 Å². The highest BCUT2D eigenvalue weighted by Gasteiger charge is 2.10. The van der Waals surface area contributed by atoms with E-state index in [0.29, 0.717) is 0 Å². The summed E-state index contributed by atoms with van der Waals surface area (Å²) in [6.07, 6.45) is 1.01. The van der Waals surface area contributed by atoms with E-state index in [4.69, 9.17) is 0 Å². The monoisotopic (exact) mass is 197 g/mol. The molecule has 0 aliphatic heterocycles. The topological polar surface area (TPSA) is 87.3 Å². The molecule has 3 N–H and O–H groups in total. The molecule has 6 nitrogen and oxygen atoms in total. The predicted octanol–water partition coefficient (Wildman–Crippen LogP) is -1.03. The van der Waals surface area contributed by atoms with Gasteiger partial charge in [-0.05, 0) is 13.0 Å². The second-order valence-corrected chi connectivity index (χ2v) is 2.31. The minimum atomic E-state index is -0.707. The molecule has 0 aromatic rings. The van der Waals surface area contributed by atoms with Gasteiger partial charge in [-0.3, -0.25) is 25.2 Å². The van der Waals surface area contributed by atoms with Gasteiger partial charge >= 0.3 is 0 Å². The third kappa shape index (κ3) is 4.17. The molecule has 0 spiro atoms. The quantitative estimate of drug-likeness (QED) is 0.227. The molecule has 0 rings (SSSR count). The molecule has 0 fully saturated rings. The zero-order valence-corrected chi connectivity index (χ0v) is 7.72. The zero-order chi connectivity index (χ0) is 11.1. The van der Waals surface area contributed by atoms with E-state index in [2.05, 4.69) is 24.1 Å². The van der Waals surface area contributed by atoms with Crippen LogP contribution in [0.4, 0.5) is 0 Å². The average Bonchev–Trinajstić information content (AvgIpc) is 2.15. The van der Waals surface area contributed by atoms with E-state index in [1.54, 1.807) is 0 Å². The summed E-state index contributed by atoms with van der Waals surface area (Å²) in [5.74, 6) is -1.67. The van der Waals surface area contributed by atoms with E-state index in [0.717, 1.165) is 6.08 Å². The maximum atomic E-state index is 11.0. The fraction of sp³-hybridized carbons (Fsp3) is 0.125. The lowest BCUT2D eigenvalue weighted by molar-refractivity contribution is -0.123. The SMILES string of the molecule is C=CC(=O)NNNC(=O)C(=C)C(C)=O. The largest absolute Gasteiger partial charge is 0.294 e. The number of carbonyl (C=O) groups excluding carboxylic acids is 3. The van der Waals surface area contributed by atoms with E-state index in [9.17, 15) is 14.4 Å². The van der Waals surface area contributed by atoms with E-state index in [1.807, 2.05) is 5.43 Å². The third-order valence-corrected chi connectivity index (χ3v) is 1.25. The van der Waals surface area contributed by atoms with Gasteiger partial charge in [-0.2, -0.15) is 0 Å². The number of rotatable bonds is 5. The maximum absolute atomic E-state index is 11.0. The Morgan fingerprint density at radius 3 is 2.21 bits per heavy atom. The highest BCUT2D eigenvalue weighted by atomic mass is 16.2. The molecule has 0 unspecified atom stereocenters. The summed E-state index contributed by atoms with van der Waals surface area (Å²) in [7, 11) is 0. The van der Waals surface area contributed by atoms with Crippen LogP contribution in [0.1, 0.15) is 6.92 Å². The van der Waals surface area contributed by atoms with Crippen LogP contribution in [0.3, 0.4) is 0 Å². The number of hydrogen-bond donors (Lipinski definition) is 3. The van der Waals surface area contributed by atoms with Crippen LogP contribution in [-0.4, -0.2) is 17.6 Å². The van der Waals surface area contributed by atoms with Crippen molar-refractivity contribution in [2.75, 3.05) is 0 Å². The molecular weight excluding hydrogens is 186 g/mol. The first-order valence-electron chi connectivity index (χ1n) is 3.66. The minimum Gasteiger partial charge on any atom is -0.294 e. The lowest BCUT2D eigenvalue weighted by Gasteiger charge is -2.06. The van der Waals surface area contributed by atoms with Crippen LogP contribution < -0.4 is 16.4 Å². The summed E-state index contributed by atoms with van der Waals surface area (Å²) >= 11 is 0. The second-order valence-electron chi connectivity index (χ2n) is 2.31. The van der Waals surface area contributed by atoms with Crippen LogP contribution in [0.5, 0.6) is 0 Å². The molecule has 0 radical (unpaired) electrons. The van der Waals surface area contributed by atoms with Crippen LogP contribution >= 0.6 is 0 Å². The summed E-state index contributed by atoms with van der Waals surface area (Å²) in [5.41, 5.74) is 5.99. The Labute approximate surface area is 81.0 Å². The Balaban J connectivity index is 3.86. The van der Waals surface area contributed by atoms with Gasteiger partial charge in [0, 0.05) is 0 Å². The molecule has 2 amide bonds. The van der Waals surface area contributed by atoms with Gasteiger partial charge in [-0.1, -0.05) is 13.2 Å². The van der Waals surface area contributed by atoms with E-state index < -0.39 is 17.6 Å². The van der Waals surface area contributed by atoms with Crippen LogP contribution in [0, 0.1) is 0 Å². The molecule has 0 bridgehead atoms. The van der Waals surface area contributed by atoms with Crippen LogP contribution in [0.15, 0.2) is 24.8 Å². The van der Waals surface area contributed by atoms with Crippen molar-refractivity contribution in [2.45, 2.75) is 6.92 Å². The van der Waals surface area contributed by atoms with Gasteiger partial charge in [0.15, 0.2) is 5.78 Å². The Morgan fingerprint density at radius 1 is 1.21 bits per heavy atom. The fourth-order valence-corrected chi connectivity index (χ4v) is 0.436. The normalized spacial score (nSPS) is 8.64. The lowest BCUT2D eigenvalue weighted by Crippen LogP contribution is -2.49. The molecule has 0 saturated carbocycles. The van der Waals surface area contributed by atoms with Gasteiger partial charge < -0.3 is 0 Å². The van der Waals surface area contributed by atoms with E-state index in [1.165, 1.54) is 6.92 Å². The number of nitrogens with one attached hydrogen (secondary N) is 3. The van der Waals surface area contributed by atoms with Crippen molar-refractivity contribution >= 4 is 17.6 Å². The fourth-order valence-electron chi connectivity index (χ4n) is 0.436. The number of Topliss-reactive ketones (excluding diaryl/α,β-unsaturated/α-hetero) is 1. The molecule has 6 heteroatoms. The van der Waals surface area contributed by atoms with E-state index >= 15 is 0 Å². The molecule has 76 valence electrons. The Bertz CT molecular complexity index is 296. The third-order valence-electron chi connectivity index (χ3n) is 1.25. The Kier molecular flexibility index (Phi) is 4.87. The summed E-state index contributed by atoms with van der Waals surface area (Å²) in [6.45, 7) is 7.64. The van der Waals surface area contributed by atoms with Crippen LogP contribution in [0.2, 0.25) is 0 Å². The smallest absolute Gasteiger partial charge is 0.269 e. The first-order valence-corrected chi connectivity index (χ1v) is 3.66. The average molecular weight is 197 g/mol. The van der Waals surface area contributed by atoms with Gasteiger partial charge in [0.1, 0.15) is 0 Å².